The molecule has 1 aliphatic carbocycles. The van der Waals surface area contributed by atoms with Crippen LogP contribution in [-0.4, -0.2) is 0 Å². The van der Waals surface area contributed by atoms with E-state index in [-0.39, 0.29) is 0 Å². The summed E-state index contributed by atoms with van der Waals surface area (Å²) < 4.78 is 0. The fourth-order valence-corrected chi connectivity index (χ4v) is 11.5. The highest BCUT2D eigenvalue weighted by Gasteiger charge is 2.46. The zero-order valence-corrected chi connectivity index (χ0v) is 40.3. The van der Waals surface area contributed by atoms with Crippen molar-refractivity contribution in [2.75, 3.05) is 9.80 Å². The molecule has 0 amide bonds. The molecule has 0 heterocycles. The van der Waals surface area contributed by atoms with Gasteiger partial charge in [-0.2, -0.15) is 0 Å². The predicted octanol–water partition coefficient (Wildman–Crippen LogP) is 19.1. The van der Waals surface area contributed by atoms with Crippen LogP contribution in [0.2, 0.25) is 0 Å². The van der Waals surface area contributed by atoms with E-state index in [0.717, 1.165) is 50.8 Å². The number of para-hydroxylation sites is 2. The number of benzene rings is 12. The van der Waals surface area contributed by atoms with Crippen molar-refractivity contribution in [2.45, 2.75) is 5.41 Å². The third-order valence-electron chi connectivity index (χ3n) is 14.7. The topological polar surface area (TPSA) is 6.48 Å². The molecule has 0 N–H and O–H groups in total. The molecule has 0 saturated carbocycles. The summed E-state index contributed by atoms with van der Waals surface area (Å²) in [6.45, 7) is 0. The lowest BCUT2D eigenvalue weighted by Gasteiger charge is -2.35. The monoisotopic (exact) mass is 930 g/mol. The molecule has 12 aromatic carbocycles. The minimum Gasteiger partial charge on any atom is -0.310 e. The van der Waals surface area contributed by atoms with E-state index in [9.17, 15) is 0 Å². The summed E-state index contributed by atoms with van der Waals surface area (Å²) >= 11 is 0. The first kappa shape index (κ1) is 43.5. The maximum Gasteiger partial charge on any atom is 0.0714 e. The van der Waals surface area contributed by atoms with Crippen LogP contribution in [0, 0.1) is 0 Å². The average Bonchev–Trinajstić information content (AvgIpc) is 3.77. The Kier molecular flexibility index (Phi) is 11.1. The molecule has 73 heavy (non-hydrogen) atoms. The summed E-state index contributed by atoms with van der Waals surface area (Å²) in [5, 5.41) is 2.37. The number of fused-ring (bicyclic) bond motifs is 4. The lowest BCUT2D eigenvalue weighted by molar-refractivity contribution is 0.768. The van der Waals surface area contributed by atoms with Gasteiger partial charge in [0.25, 0.3) is 0 Å². The zero-order valence-electron chi connectivity index (χ0n) is 40.3. The van der Waals surface area contributed by atoms with E-state index in [2.05, 4.69) is 313 Å². The maximum absolute atomic E-state index is 2.49. The van der Waals surface area contributed by atoms with Crippen LogP contribution in [0.5, 0.6) is 0 Å². The molecule has 12 aromatic rings. The molecular formula is C71H50N2. The first-order valence-corrected chi connectivity index (χ1v) is 25.2. The van der Waals surface area contributed by atoms with Crippen molar-refractivity contribution in [3.05, 3.63) is 326 Å². The van der Waals surface area contributed by atoms with Gasteiger partial charge in [0.15, 0.2) is 0 Å². The highest BCUT2D eigenvalue weighted by molar-refractivity contribution is 5.99. The van der Waals surface area contributed by atoms with Crippen molar-refractivity contribution in [3.8, 4) is 44.5 Å². The van der Waals surface area contributed by atoms with E-state index in [1.54, 1.807) is 0 Å². The van der Waals surface area contributed by atoms with Crippen LogP contribution in [0.3, 0.4) is 0 Å². The second-order valence-electron chi connectivity index (χ2n) is 18.8. The number of nitrogens with zero attached hydrogens (tertiary/aromatic N) is 2. The molecule has 0 saturated heterocycles. The minimum absolute atomic E-state index is 0.580. The van der Waals surface area contributed by atoms with Crippen molar-refractivity contribution in [1.29, 1.82) is 0 Å². The van der Waals surface area contributed by atoms with Gasteiger partial charge in [-0.1, -0.05) is 237 Å². The Morgan fingerprint density at radius 3 is 1.22 bits per heavy atom. The fraction of sp³-hybridized carbons (Fsp3) is 0.0141. The molecule has 13 rings (SSSR count). The van der Waals surface area contributed by atoms with Crippen LogP contribution in [-0.2, 0) is 5.41 Å². The van der Waals surface area contributed by atoms with Gasteiger partial charge in [0, 0.05) is 34.1 Å². The Balaban J connectivity index is 1.14. The summed E-state index contributed by atoms with van der Waals surface area (Å²) in [7, 11) is 0. The molecule has 0 radical (unpaired) electrons. The standard InChI is InChI=1S/C71H50N2/c1-7-25-52(26-8-1)64-39-23-40-65(53-27-9-2-10-28-53)70(64)55-47-62(72(58-34-15-5-16-35-58)59-36-17-6-18-37-59)49-63(48-55)73(60-43-42-51-24-19-20-29-54(51)46-60)61-44-45-67-66-38-21-22-41-68(66)71(69(67)50-61,56-30-11-3-12-31-56)57-32-13-4-14-33-57/h1-50H. The van der Waals surface area contributed by atoms with Gasteiger partial charge >= 0.3 is 0 Å². The first-order valence-electron chi connectivity index (χ1n) is 25.2. The fourth-order valence-electron chi connectivity index (χ4n) is 11.5. The predicted molar refractivity (Wildman–Crippen MR) is 307 cm³/mol. The van der Waals surface area contributed by atoms with Gasteiger partial charge in [-0.15, -0.1) is 0 Å². The van der Waals surface area contributed by atoms with Gasteiger partial charge in [-0.25, -0.2) is 0 Å². The van der Waals surface area contributed by atoms with E-state index in [1.165, 1.54) is 60.8 Å². The normalized spacial score (nSPS) is 12.2. The Morgan fingerprint density at radius 1 is 0.219 bits per heavy atom. The summed E-state index contributed by atoms with van der Waals surface area (Å²) in [5.74, 6) is 0. The van der Waals surface area contributed by atoms with Gasteiger partial charge in [0.2, 0.25) is 0 Å². The largest absolute Gasteiger partial charge is 0.310 e. The molecule has 0 unspecified atom stereocenters. The quantitative estimate of drug-likeness (QED) is 0.128. The number of rotatable bonds is 11. The molecule has 0 aliphatic heterocycles. The van der Waals surface area contributed by atoms with Gasteiger partial charge in [0.05, 0.1) is 5.41 Å². The second-order valence-corrected chi connectivity index (χ2v) is 18.8. The van der Waals surface area contributed by atoms with Gasteiger partial charge in [0.1, 0.15) is 0 Å². The highest BCUT2D eigenvalue weighted by Crippen LogP contribution is 2.58. The van der Waals surface area contributed by atoms with Crippen LogP contribution in [0.25, 0.3) is 55.3 Å². The lowest BCUT2D eigenvalue weighted by atomic mass is 9.67. The molecule has 2 nitrogen and oxygen atoms in total. The van der Waals surface area contributed by atoms with Crippen molar-refractivity contribution in [2.24, 2.45) is 0 Å². The Hall–Kier alpha value is -9.50. The van der Waals surface area contributed by atoms with E-state index in [1.807, 2.05) is 0 Å². The van der Waals surface area contributed by atoms with Gasteiger partial charge in [-0.3, -0.25) is 0 Å². The van der Waals surface area contributed by atoms with Crippen molar-refractivity contribution in [3.63, 3.8) is 0 Å². The van der Waals surface area contributed by atoms with E-state index in [4.69, 9.17) is 0 Å². The summed E-state index contributed by atoms with van der Waals surface area (Å²) in [6, 6.07) is 111. The number of hydrogen-bond donors (Lipinski definition) is 0. The third-order valence-corrected chi connectivity index (χ3v) is 14.7. The minimum atomic E-state index is -0.580. The van der Waals surface area contributed by atoms with Crippen LogP contribution in [0.1, 0.15) is 22.3 Å². The SMILES string of the molecule is c1ccc(-c2cccc(-c3ccccc3)c2-c2cc(N(c3ccccc3)c3ccccc3)cc(N(c3ccc4c(c3)C(c3ccccc3)(c3ccccc3)c3ccccc3-4)c3ccc4ccccc4c3)c2)cc1. The third kappa shape index (κ3) is 7.69. The average molecular weight is 931 g/mol. The molecule has 344 valence electrons. The van der Waals surface area contributed by atoms with Gasteiger partial charge in [-0.05, 0) is 144 Å². The van der Waals surface area contributed by atoms with Crippen LogP contribution < -0.4 is 9.80 Å². The van der Waals surface area contributed by atoms with Crippen LogP contribution >= 0.6 is 0 Å². The molecule has 1 aliphatic rings. The Morgan fingerprint density at radius 2 is 0.644 bits per heavy atom. The van der Waals surface area contributed by atoms with Crippen LogP contribution in [0.15, 0.2) is 303 Å². The summed E-state index contributed by atoms with van der Waals surface area (Å²) in [6.07, 6.45) is 0. The Bertz CT molecular complexity index is 3760. The molecule has 0 aromatic heterocycles. The second kappa shape index (κ2) is 18.7. The highest BCUT2D eigenvalue weighted by atomic mass is 15.2. The van der Waals surface area contributed by atoms with Crippen molar-refractivity contribution >= 4 is 44.9 Å². The molecule has 0 fully saturated rings. The van der Waals surface area contributed by atoms with E-state index >= 15 is 0 Å². The molecular weight excluding hydrogens is 881 g/mol. The summed E-state index contributed by atoms with van der Waals surface area (Å²) in [4.78, 5) is 4.89. The number of anilines is 6. The van der Waals surface area contributed by atoms with E-state index in [0.29, 0.717) is 0 Å². The lowest BCUT2D eigenvalue weighted by Crippen LogP contribution is -2.28. The van der Waals surface area contributed by atoms with Crippen molar-refractivity contribution in [1.82, 2.24) is 0 Å². The molecule has 2 heteroatoms. The van der Waals surface area contributed by atoms with Crippen molar-refractivity contribution < 1.29 is 0 Å². The summed E-state index contributed by atoms with van der Waals surface area (Å²) in [5.41, 5.74) is 20.2. The zero-order chi connectivity index (χ0) is 48.6. The molecule has 0 bridgehead atoms. The molecule has 0 atom stereocenters. The van der Waals surface area contributed by atoms with E-state index < -0.39 is 5.41 Å². The smallest absolute Gasteiger partial charge is 0.0714 e. The first-order chi connectivity index (χ1) is 36.2. The maximum atomic E-state index is 2.49. The Labute approximate surface area is 428 Å². The number of hydrogen-bond acceptors (Lipinski definition) is 2. The molecule has 0 spiro atoms. The van der Waals surface area contributed by atoms with Crippen LogP contribution in [0.4, 0.5) is 34.1 Å². The van der Waals surface area contributed by atoms with Gasteiger partial charge < -0.3 is 9.80 Å².